The second kappa shape index (κ2) is 4.35. The van der Waals surface area contributed by atoms with Crippen LogP contribution in [0, 0.1) is 5.92 Å². The van der Waals surface area contributed by atoms with Gasteiger partial charge in [-0.05, 0) is 12.0 Å². The van der Waals surface area contributed by atoms with Gasteiger partial charge in [0.2, 0.25) is 0 Å². The first-order chi connectivity index (χ1) is 6.91. The second-order valence-corrected chi connectivity index (χ2v) is 4.31. The van der Waals surface area contributed by atoms with Crippen LogP contribution in [-0.2, 0) is 5.60 Å². The van der Waals surface area contributed by atoms with E-state index in [4.69, 9.17) is 23.1 Å². The molecule has 0 aromatic carbocycles. The average Bonchev–Trinajstić information content (AvgIpc) is 2.20. The van der Waals surface area contributed by atoms with Gasteiger partial charge in [-0.15, -0.1) is 0 Å². The molecule has 1 aromatic heterocycles. The monoisotopic (exact) mass is 229 g/mol. The number of nitrogen functional groups attached to an aromatic ring is 1. The molecule has 1 atom stereocenters. The van der Waals surface area contributed by atoms with Crippen molar-refractivity contribution in [1.29, 1.82) is 0 Å². The summed E-state index contributed by atoms with van der Waals surface area (Å²) in [5.74, 6) is 0.200. The summed E-state index contributed by atoms with van der Waals surface area (Å²) in [6.45, 7) is 3.82. The minimum absolute atomic E-state index is 0.0648. The van der Waals surface area contributed by atoms with Gasteiger partial charge in [0.05, 0.1) is 5.02 Å². The third kappa shape index (κ3) is 2.22. The fraction of sp³-hybridized carbons (Fsp3) is 0.500. The molecule has 1 heterocycles. The van der Waals surface area contributed by atoms with E-state index in [-0.39, 0.29) is 18.3 Å². The van der Waals surface area contributed by atoms with Crippen molar-refractivity contribution in [2.75, 3.05) is 12.3 Å². The Labute approximate surface area is 94.3 Å². The van der Waals surface area contributed by atoms with Crippen molar-refractivity contribution in [1.82, 2.24) is 4.98 Å². The van der Waals surface area contributed by atoms with Crippen LogP contribution in [0.2, 0.25) is 5.02 Å². The molecule has 0 aliphatic rings. The van der Waals surface area contributed by atoms with E-state index in [2.05, 4.69) is 4.98 Å². The first-order valence-electron chi connectivity index (χ1n) is 4.75. The Kier molecular flexibility index (Phi) is 3.54. The van der Waals surface area contributed by atoms with Gasteiger partial charge < -0.3 is 16.6 Å². The van der Waals surface area contributed by atoms with Gasteiger partial charge in [-0.1, -0.05) is 25.4 Å². The van der Waals surface area contributed by atoms with Crippen LogP contribution in [0.5, 0.6) is 0 Å². The normalized spacial score (nSPS) is 15.3. The van der Waals surface area contributed by atoms with Crippen molar-refractivity contribution in [2.24, 2.45) is 11.7 Å². The molecule has 0 amide bonds. The average molecular weight is 230 g/mol. The summed E-state index contributed by atoms with van der Waals surface area (Å²) in [5, 5.41) is 10.8. The molecule has 0 spiro atoms. The van der Waals surface area contributed by atoms with E-state index in [0.717, 1.165) is 0 Å². The second-order valence-electron chi connectivity index (χ2n) is 3.87. The highest BCUT2D eigenvalue weighted by molar-refractivity contribution is 6.30. The summed E-state index contributed by atoms with van der Waals surface area (Å²) < 4.78 is 0. The number of rotatable bonds is 3. The fourth-order valence-corrected chi connectivity index (χ4v) is 1.61. The van der Waals surface area contributed by atoms with Crippen molar-refractivity contribution >= 4 is 17.4 Å². The lowest BCUT2D eigenvalue weighted by Crippen LogP contribution is -2.40. The highest BCUT2D eigenvalue weighted by Crippen LogP contribution is 2.32. The summed E-state index contributed by atoms with van der Waals surface area (Å²) in [4.78, 5) is 3.91. The first-order valence-corrected chi connectivity index (χ1v) is 5.13. The number of nitrogens with zero attached hydrogens (tertiary/aromatic N) is 1. The van der Waals surface area contributed by atoms with Gasteiger partial charge in [0.15, 0.2) is 0 Å². The maximum atomic E-state index is 10.4. The number of hydrogen-bond acceptors (Lipinski definition) is 4. The van der Waals surface area contributed by atoms with Crippen LogP contribution in [0.4, 0.5) is 5.82 Å². The topological polar surface area (TPSA) is 85.2 Å². The lowest BCUT2D eigenvalue weighted by Gasteiger charge is -2.31. The van der Waals surface area contributed by atoms with Gasteiger partial charge in [-0.25, -0.2) is 4.98 Å². The molecule has 1 unspecified atom stereocenters. The van der Waals surface area contributed by atoms with E-state index < -0.39 is 5.60 Å². The van der Waals surface area contributed by atoms with Crippen LogP contribution in [0.15, 0.2) is 12.3 Å². The van der Waals surface area contributed by atoms with Gasteiger partial charge >= 0.3 is 0 Å². The SMILES string of the molecule is CC(C)C(O)(CN)c1cc(Cl)cnc1N. The van der Waals surface area contributed by atoms with E-state index in [1.165, 1.54) is 6.20 Å². The van der Waals surface area contributed by atoms with Crippen LogP contribution >= 0.6 is 11.6 Å². The van der Waals surface area contributed by atoms with Crippen molar-refractivity contribution in [2.45, 2.75) is 19.4 Å². The predicted molar refractivity (Wildman–Crippen MR) is 61.4 cm³/mol. The molecule has 0 aliphatic carbocycles. The number of aromatic nitrogens is 1. The molecule has 0 bridgehead atoms. The Hall–Kier alpha value is -0.840. The molecule has 4 nitrogen and oxygen atoms in total. The van der Waals surface area contributed by atoms with Crippen LogP contribution in [0.25, 0.3) is 0 Å². The van der Waals surface area contributed by atoms with Crippen molar-refractivity contribution in [3.05, 3.63) is 22.8 Å². The first kappa shape index (κ1) is 12.2. The minimum atomic E-state index is -1.18. The molecule has 0 saturated carbocycles. The number of anilines is 1. The van der Waals surface area contributed by atoms with E-state index in [0.29, 0.717) is 10.6 Å². The molecule has 0 saturated heterocycles. The highest BCUT2D eigenvalue weighted by Gasteiger charge is 2.34. The Morgan fingerprint density at radius 1 is 1.60 bits per heavy atom. The van der Waals surface area contributed by atoms with Crippen LogP contribution in [0.1, 0.15) is 19.4 Å². The quantitative estimate of drug-likeness (QED) is 0.725. The number of aliphatic hydroxyl groups is 1. The summed E-state index contributed by atoms with van der Waals surface area (Å²) in [6.07, 6.45) is 1.44. The number of nitrogens with two attached hydrogens (primary N) is 2. The summed E-state index contributed by atoms with van der Waals surface area (Å²) in [7, 11) is 0. The van der Waals surface area contributed by atoms with E-state index in [1.54, 1.807) is 6.07 Å². The number of pyridine rings is 1. The van der Waals surface area contributed by atoms with Gasteiger partial charge in [0.25, 0.3) is 0 Å². The zero-order valence-electron chi connectivity index (χ0n) is 8.87. The molecular formula is C10H16ClN3O. The molecule has 84 valence electrons. The van der Waals surface area contributed by atoms with Gasteiger partial charge in [-0.2, -0.15) is 0 Å². The van der Waals surface area contributed by atoms with Gasteiger partial charge in [-0.3, -0.25) is 0 Å². The maximum Gasteiger partial charge on any atom is 0.129 e. The molecule has 0 radical (unpaired) electrons. The fourth-order valence-electron chi connectivity index (χ4n) is 1.45. The Morgan fingerprint density at radius 3 is 2.67 bits per heavy atom. The summed E-state index contributed by atoms with van der Waals surface area (Å²) >= 11 is 5.81. The molecule has 1 rings (SSSR count). The molecule has 1 aromatic rings. The lowest BCUT2D eigenvalue weighted by molar-refractivity contribution is -0.000656. The summed E-state index contributed by atoms with van der Waals surface area (Å²) in [6, 6.07) is 1.61. The predicted octanol–water partition coefficient (Wildman–Crippen LogP) is 1.12. The Balaban J connectivity index is 3.29. The number of halogens is 1. The maximum absolute atomic E-state index is 10.4. The van der Waals surface area contributed by atoms with E-state index in [1.807, 2.05) is 13.8 Å². The minimum Gasteiger partial charge on any atom is -0.383 e. The van der Waals surface area contributed by atoms with Crippen molar-refractivity contribution in [3.8, 4) is 0 Å². The standard InChI is InChI=1S/C10H16ClN3O/c1-6(2)10(15,5-12)8-3-7(11)4-14-9(8)13/h3-4,6,15H,5,12H2,1-2H3,(H2,13,14). The van der Waals surface area contributed by atoms with Crippen LogP contribution < -0.4 is 11.5 Å². The molecule has 0 aliphatic heterocycles. The molecule has 5 heteroatoms. The molecule has 5 N–H and O–H groups in total. The van der Waals surface area contributed by atoms with Gasteiger partial charge in [0, 0.05) is 18.3 Å². The number of hydrogen-bond donors (Lipinski definition) is 3. The zero-order valence-corrected chi connectivity index (χ0v) is 9.62. The van der Waals surface area contributed by atoms with Crippen molar-refractivity contribution in [3.63, 3.8) is 0 Å². The van der Waals surface area contributed by atoms with Crippen LogP contribution in [0.3, 0.4) is 0 Å². The van der Waals surface area contributed by atoms with E-state index >= 15 is 0 Å². The smallest absolute Gasteiger partial charge is 0.129 e. The Bertz CT molecular complexity index is 357. The zero-order chi connectivity index (χ0) is 11.6. The third-order valence-electron chi connectivity index (χ3n) is 2.62. The highest BCUT2D eigenvalue weighted by atomic mass is 35.5. The van der Waals surface area contributed by atoms with E-state index in [9.17, 15) is 5.11 Å². The third-order valence-corrected chi connectivity index (χ3v) is 2.82. The Morgan fingerprint density at radius 2 is 2.20 bits per heavy atom. The molecule has 15 heavy (non-hydrogen) atoms. The largest absolute Gasteiger partial charge is 0.383 e. The van der Waals surface area contributed by atoms with Gasteiger partial charge in [0.1, 0.15) is 11.4 Å². The molecular weight excluding hydrogens is 214 g/mol. The lowest BCUT2D eigenvalue weighted by atomic mass is 9.83. The van der Waals surface area contributed by atoms with Crippen LogP contribution in [-0.4, -0.2) is 16.6 Å². The molecule has 0 fully saturated rings. The summed E-state index contributed by atoms with van der Waals surface area (Å²) in [5.41, 5.74) is 10.6. The van der Waals surface area contributed by atoms with Crippen molar-refractivity contribution < 1.29 is 5.11 Å².